The van der Waals surface area contributed by atoms with Crippen LogP contribution < -0.4 is 14.8 Å². The lowest BCUT2D eigenvalue weighted by molar-refractivity contribution is -0.115. The molecule has 25 heavy (non-hydrogen) atoms. The van der Waals surface area contributed by atoms with Crippen molar-refractivity contribution in [2.24, 2.45) is 0 Å². The third kappa shape index (κ3) is 5.19. The van der Waals surface area contributed by atoms with E-state index in [2.05, 4.69) is 10.0 Å². The first-order valence-electron chi connectivity index (χ1n) is 7.61. The van der Waals surface area contributed by atoms with Gasteiger partial charge in [0.1, 0.15) is 5.75 Å². The number of rotatable bonds is 7. The van der Waals surface area contributed by atoms with E-state index in [9.17, 15) is 13.2 Å². The molecule has 0 saturated carbocycles. The Morgan fingerprint density at radius 2 is 1.92 bits per heavy atom. The SMILES string of the molecule is CCOc1ccccc1NC(=O)CNS(=O)(=O)c1ccc(Cl)c(C)c1. The maximum atomic E-state index is 12.3. The van der Waals surface area contributed by atoms with E-state index in [1.807, 2.05) is 6.92 Å². The van der Waals surface area contributed by atoms with Crippen molar-refractivity contribution in [1.29, 1.82) is 0 Å². The Balaban J connectivity index is 2.03. The molecule has 0 aliphatic carbocycles. The first-order chi connectivity index (χ1) is 11.8. The monoisotopic (exact) mass is 382 g/mol. The minimum atomic E-state index is -3.81. The summed E-state index contributed by atoms with van der Waals surface area (Å²) in [5.41, 5.74) is 1.12. The summed E-state index contributed by atoms with van der Waals surface area (Å²) in [6.07, 6.45) is 0. The quantitative estimate of drug-likeness (QED) is 0.771. The van der Waals surface area contributed by atoms with Gasteiger partial charge in [0.2, 0.25) is 15.9 Å². The van der Waals surface area contributed by atoms with Gasteiger partial charge >= 0.3 is 0 Å². The number of ether oxygens (including phenoxy) is 1. The molecule has 0 fully saturated rings. The van der Waals surface area contributed by atoms with Crippen LogP contribution >= 0.6 is 11.6 Å². The number of sulfonamides is 1. The lowest BCUT2D eigenvalue weighted by atomic mass is 10.2. The number of aryl methyl sites for hydroxylation is 1. The topological polar surface area (TPSA) is 84.5 Å². The summed E-state index contributed by atoms with van der Waals surface area (Å²) in [4.78, 5) is 12.1. The summed E-state index contributed by atoms with van der Waals surface area (Å²) < 4.78 is 32.2. The fraction of sp³-hybridized carbons (Fsp3) is 0.235. The number of hydrogen-bond acceptors (Lipinski definition) is 4. The molecule has 2 aromatic rings. The molecule has 2 N–H and O–H groups in total. The number of carbonyl (C=O) groups is 1. The number of para-hydroxylation sites is 2. The summed E-state index contributed by atoms with van der Waals surface area (Å²) in [5.74, 6) is 0.0240. The van der Waals surface area contributed by atoms with Gasteiger partial charge in [-0.25, -0.2) is 13.1 Å². The van der Waals surface area contributed by atoms with Crippen LogP contribution in [0.25, 0.3) is 0 Å². The zero-order chi connectivity index (χ0) is 18.4. The molecule has 0 heterocycles. The van der Waals surface area contributed by atoms with Gasteiger partial charge < -0.3 is 10.1 Å². The summed E-state index contributed by atoms with van der Waals surface area (Å²) in [6.45, 7) is 3.60. The summed E-state index contributed by atoms with van der Waals surface area (Å²) >= 11 is 5.90. The minimum absolute atomic E-state index is 0.0527. The highest BCUT2D eigenvalue weighted by Crippen LogP contribution is 2.23. The Morgan fingerprint density at radius 3 is 2.60 bits per heavy atom. The van der Waals surface area contributed by atoms with Crippen LogP contribution in [0.4, 0.5) is 5.69 Å². The van der Waals surface area contributed by atoms with Gasteiger partial charge in [-0.2, -0.15) is 0 Å². The largest absolute Gasteiger partial charge is 0.492 e. The molecule has 6 nitrogen and oxygen atoms in total. The molecule has 0 atom stereocenters. The van der Waals surface area contributed by atoms with Crippen LogP contribution in [0.2, 0.25) is 5.02 Å². The number of halogens is 1. The predicted octanol–water partition coefficient (Wildman–Crippen LogP) is 2.96. The Kier molecular flexibility index (Phi) is 6.41. The van der Waals surface area contributed by atoms with Crippen molar-refractivity contribution in [3.63, 3.8) is 0 Å². The predicted molar refractivity (Wildman–Crippen MR) is 97.6 cm³/mol. The molecule has 0 aromatic heterocycles. The van der Waals surface area contributed by atoms with Gasteiger partial charge in [0, 0.05) is 5.02 Å². The van der Waals surface area contributed by atoms with Gasteiger partial charge in [0.05, 0.1) is 23.7 Å². The third-order valence-corrected chi connectivity index (χ3v) is 5.15. The number of carbonyl (C=O) groups excluding carboxylic acids is 1. The van der Waals surface area contributed by atoms with Crippen LogP contribution in [0.15, 0.2) is 47.4 Å². The van der Waals surface area contributed by atoms with Crippen molar-refractivity contribution in [3.05, 3.63) is 53.1 Å². The second kappa shape index (κ2) is 8.33. The molecule has 8 heteroatoms. The number of benzene rings is 2. The zero-order valence-corrected chi connectivity index (χ0v) is 15.4. The maximum Gasteiger partial charge on any atom is 0.241 e. The van der Waals surface area contributed by atoms with Crippen LogP contribution in [0, 0.1) is 6.92 Å². The van der Waals surface area contributed by atoms with Gasteiger partial charge in [-0.3, -0.25) is 4.79 Å². The molecule has 0 saturated heterocycles. The van der Waals surface area contributed by atoms with E-state index in [-0.39, 0.29) is 4.90 Å². The van der Waals surface area contributed by atoms with Gasteiger partial charge in [0.15, 0.2) is 0 Å². The Bertz CT molecular complexity index is 869. The molecule has 0 bridgehead atoms. The molecule has 2 aromatic carbocycles. The normalized spacial score (nSPS) is 11.2. The van der Waals surface area contributed by atoms with Gasteiger partial charge in [0.25, 0.3) is 0 Å². The van der Waals surface area contributed by atoms with Gasteiger partial charge in [-0.15, -0.1) is 0 Å². The van der Waals surface area contributed by atoms with Crippen molar-refractivity contribution in [3.8, 4) is 5.75 Å². The van der Waals surface area contributed by atoms with E-state index in [0.29, 0.717) is 28.6 Å². The molecule has 2 rings (SSSR count). The van der Waals surface area contributed by atoms with Gasteiger partial charge in [-0.1, -0.05) is 23.7 Å². The summed E-state index contributed by atoms with van der Waals surface area (Å²) in [5, 5.41) is 3.10. The Labute approximate surface area is 152 Å². The van der Waals surface area contributed by atoms with Crippen molar-refractivity contribution >= 4 is 33.2 Å². The average molecular weight is 383 g/mol. The van der Waals surface area contributed by atoms with Crippen LogP contribution in [0.1, 0.15) is 12.5 Å². The first-order valence-corrected chi connectivity index (χ1v) is 9.47. The highest BCUT2D eigenvalue weighted by Gasteiger charge is 2.17. The molecular weight excluding hydrogens is 364 g/mol. The number of amides is 1. The Morgan fingerprint density at radius 1 is 1.20 bits per heavy atom. The fourth-order valence-electron chi connectivity index (χ4n) is 2.07. The molecule has 1 amide bonds. The molecule has 0 spiro atoms. The number of nitrogens with one attached hydrogen (secondary N) is 2. The second-order valence-corrected chi connectivity index (χ2v) is 7.39. The molecule has 0 radical (unpaired) electrons. The van der Waals surface area contributed by atoms with Crippen molar-refractivity contribution in [2.45, 2.75) is 18.7 Å². The summed E-state index contributed by atoms with van der Waals surface area (Å²) in [7, 11) is -3.81. The number of hydrogen-bond donors (Lipinski definition) is 2. The third-order valence-electron chi connectivity index (χ3n) is 3.32. The summed E-state index contributed by atoms with van der Waals surface area (Å²) in [6, 6.07) is 11.3. The molecule has 134 valence electrons. The van der Waals surface area contributed by atoms with E-state index in [1.165, 1.54) is 18.2 Å². The first kappa shape index (κ1) is 19.2. The lowest BCUT2D eigenvalue weighted by Crippen LogP contribution is -2.33. The van der Waals surface area contributed by atoms with E-state index >= 15 is 0 Å². The van der Waals surface area contributed by atoms with Crippen molar-refractivity contribution < 1.29 is 17.9 Å². The van der Waals surface area contributed by atoms with Crippen molar-refractivity contribution in [1.82, 2.24) is 4.72 Å². The maximum absolute atomic E-state index is 12.3. The smallest absolute Gasteiger partial charge is 0.241 e. The van der Waals surface area contributed by atoms with Crippen molar-refractivity contribution in [2.75, 3.05) is 18.5 Å². The zero-order valence-electron chi connectivity index (χ0n) is 13.9. The minimum Gasteiger partial charge on any atom is -0.492 e. The van der Waals surface area contributed by atoms with Crippen LogP contribution in [-0.2, 0) is 14.8 Å². The standard InChI is InChI=1S/C17H19ClN2O4S/c1-3-24-16-7-5-4-6-15(16)20-17(21)11-19-25(22,23)13-8-9-14(18)12(2)10-13/h4-10,19H,3,11H2,1-2H3,(H,20,21). The highest BCUT2D eigenvalue weighted by atomic mass is 35.5. The molecular formula is C17H19ClN2O4S. The average Bonchev–Trinajstić information content (AvgIpc) is 2.57. The van der Waals surface area contributed by atoms with E-state index < -0.39 is 22.5 Å². The van der Waals surface area contributed by atoms with E-state index in [4.69, 9.17) is 16.3 Å². The number of anilines is 1. The van der Waals surface area contributed by atoms with Gasteiger partial charge in [-0.05, 0) is 49.7 Å². The Hall–Kier alpha value is -2.09. The lowest BCUT2D eigenvalue weighted by Gasteiger charge is -2.12. The van der Waals surface area contributed by atoms with Crippen LogP contribution in [0.5, 0.6) is 5.75 Å². The van der Waals surface area contributed by atoms with Crippen LogP contribution in [-0.4, -0.2) is 27.5 Å². The van der Waals surface area contributed by atoms with Crippen LogP contribution in [0.3, 0.4) is 0 Å². The highest BCUT2D eigenvalue weighted by molar-refractivity contribution is 7.89. The van der Waals surface area contributed by atoms with E-state index in [1.54, 1.807) is 31.2 Å². The van der Waals surface area contributed by atoms with E-state index in [0.717, 1.165) is 0 Å². The molecule has 0 unspecified atom stereocenters. The fourth-order valence-corrected chi connectivity index (χ4v) is 3.26. The molecule has 0 aliphatic heterocycles. The molecule has 0 aliphatic rings. The second-order valence-electron chi connectivity index (χ2n) is 5.21.